The van der Waals surface area contributed by atoms with Gasteiger partial charge in [-0.25, -0.2) is 0 Å². The van der Waals surface area contributed by atoms with Gasteiger partial charge in [0.25, 0.3) is 0 Å². The maximum absolute atomic E-state index is 2.54. The molecule has 0 amide bonds. The monoisotopic (exact) mass is 458 g/mol. The summed E-state index contributed by atoms with van der Waals surface area (Å²) in [4.78, 5) is 0. The molecule has 0 heterocycles. The van der Waals surface area contributed by atoms with E-state index >= 15 is 0 Å². The maximum atomic E-state index is 2.54. The second-order valence-corrected chi connectivity index (χ2v) is 10.7. The van der Waals surface area contributed by atoms with Crippen molar-refractivity contribution in [2.75, 3.05) is 0 Å². The maximum Gasteiger partial charge on any atom is -1.00 e. The Morgan fingerprint density at radius 1 is 0.720 bits per heavy atom. The molecule has 0 fully saturated rings. The molecular formula is C22H34Cl2Zr. The molecule has 0 N–H and O–H groups in total. The summed E-state index contributed by atoms with van der Waals surface area (Å²) in [6.07, 6.45) is 18.5. The number of rotatable bonds is 10. The van der Waals surface area contributed by atoms with Gasteiger partial charge in [-0.3, -0.25) is 0 Å². The Morgan fingerprint density at radius 2 is 1.12 bits per heavy atom. The molecule has 140 valence electrons. The van der Waals surface area contributed by atoms with Crippen molar-refractivity contribution in [3.05, 3.63) is 41.0 Å². The second-order valence-electron chi connectivity index (χ2n) is 7.11. The van der Waals surface area contributed by atoms with Crippen LogP contribution in [0.15, 0.2) is 41.0 Å². The van der Waals surface area contributed by atoms with Gasteiger partial charge in [-0.1, -0.05) is 0 Å². The van der Waals surface area contributed by atoms with Crippen molar-refractivity contribution < 1.29 is 48.0 Å². The Labute approximate surface area is 180 Å². The standard InChI is InChI=1S/2C11H17.2ClH.Zr/c2*1-3-4-5-8-11-9-6-7-10(11)2;;;/h2*9H,3-6,8H2,1-2H3;2*1H;/q;;;;+2/p-2. The molecule has 2 aliphatic carbocycles. The van der Waals surface area contributed by atoms with Crippen LogP contribution >= 0.6 is 0 Å². The molecular weight excluding hydrogens is 426 g/mol. The Kier molecular flexibility index (Phi) is 13.8. The van der Waals surface area contributed by atoms with Crippen LogP contribution in [0.2, 0.25) is 0 Å². The van der Waals surface area contributed by atoms with Gasteiger partial charge >= 0.3 is 156 Å². The third-order valence-electron chi connectivity index (χ3n) is 5.37. The number of allylic oxidation sites excluding steroid dienone is 8. The predicted octanol–water partition coefficient (Wildman–Crippen LogP) is 1.45. The summed E-state index contributed by atoms with van der Waals surface area (Å²) in [6, 6.07) is 0. The predicted molar refractivity (Wildman–Crippen MR) is 99.1 cm³/mol. The van der Waals surface area contributed by atoms with Crippen molar-refractivity contribution in [2.45, 2.75) is 91.9 Å². The fourth-order valence-corrected chi connectivity index (χ4v) is 7.24. The SMILES string of the molecule is CCCCCC1=CC[C]([Zr+2][C]2=C(C)C(CCCCC)=CC2)=C1C.[Cl-].[Cl-]. The number of halogens is 2. The summed E-state index contributed by atoms with van der Waals surface area (Å²) in [5, 5.41) is 0. The van der Waals surface area contributed by atoms with E-state index in [4.69, 9.17) is 0 Å². The van der Waals surface area contributed by atoms with Crippen LogP contribution < -0.4 is 24.8 Å². The van der Waals surface area contributed by atoms with Crippen LogP contribution in [-0.2, 0) is 23.2 Å². The number of unbranched alkanes of at least 4 members (excludes halogenated alkanes) is 4. The minimum atomic E-state index is -0.514. The molecule has 2 rings (SSSR count). The summed E-state index contributed by atoms with van der Waals surface area (Å²) in [5.41, 5.74) is 6.74. The molecule has 0 atom stereocenters. The molecule has 0 aliphatic heterocycles. The Morgan fingerprint density at radius 3 is 1.48 bits per heavy atom. The van der Waals surface area contributed by atoms with Crippen molar-refractivity contribution in [2.24, 2.45) is 0 Å². The first-order valence-electron chi connectivity index (χ1n) is 9.72. The molecule has 0 aromatic heterocycles. The van der Waals surface area contributed by atoms with Gasteiger partial charge in [-0.15, -0.1) is 0 Å². The van der Waals surface area contributed by atoms with Crippen LogP contribution in [0, 0.1) is 0 Å². The van der Waals surface area contributed by atoms with Crippen LogP contribution in [0.3, 0.4) is 0 Å². The summed E-state index contributed by atoms with van der Waals surface area (Å²) in [6.45, 7) is 9.40. The van der Waals surface area contributed by atoms with Crippen LogP contribution in [0.25, 0.3) is 0 Å². The molecule has 0 bridgehead atoms. The van der Waals surface area contributed by atoms with Gasteiger partial charge in [0.15, 0.2) is 0 Å². The Hall–Kier alpha value is 0.423. The van der Waals surface area contributed by atoms with E-state index in [9.17, 15) is 0 Å². The first kappa shape index (κ1) is 25.4. The Bertz CT molecular complexity index is 490. The number of hydrogen-bond donors (Lipinski definition) is 0. The van der Waals surface area contributed by atoms with Crippen LogP contribution in [0.5, 0.6) is 0 Å². The molecule has 0 aromatic carbocycles. The minimum Gasteiger partial charge on any atom is -1.00 e. The van der Waals surface area contributed by atoms with Crippen molar-refractivity contribution in [3.8, 4) is 0 Å². The molecule has 2 aliphatic rings. The average Bonchev–Trinajstić information content (AvgIpc) is 3.06. The summed E-state index contributed by atoms with van der Waals surface area (Å²) >= 11 is -0.514. The van der Waals surface area contributed by atoms with E-state index in [0.717, 1.165) is 0 Å². The smallest absolute Gasteiger partial charge is 1.00 e. The number of hydrogen-bond acceptors (Lipinski definition) is 0. The van der Waals surface area contributed by atoms with Crippen LogP contribution in [0.4, 0.5) is 0 Å². The minimum absolute atomic E-state index is 0. The molecule has 0 radical (unpaired) electrons. The molecule has 3 heteroatoms. The van der Waals surface area contributed by atoms with E-state index < -0.39 is 23.2 Å². The fraction of sp³-hybridized carbons (Fsp3) is 0.636. The van der Waals surface area contributed by atoms with Crippen molar-refractivity contribution in [1.82, 2.24) is 0 Å². The van der Waals surface area contributed by atoms with Gasteiger partial charge in [0, 0.05) is 0 Å². The molecule has 0 unspecified atom stereocenters. The van der Waals surface area contributed by atoms with E-state index in [-0.39, 0.29) is 24.8 Å². The van der Waals surface area contributed by atoms with Gasteiger partial charge in [0.1, 0.15) is 0 Å². The van der Waals surface area contributed by atoms with Gasteiger partial charge < -0.3 is 24.8 Å². The summed E-state index contributed by atoms with van der Waals surface area (Å²) in [7, 11) is 0. The van der Waals surface area contributed by atoms with Gasteiger partial charge in [0.05, 0.1) is 0 Å². The summed E-state index contributed by atoms with van der Waals surface area (Å²) < 4.78 is 3.72. The molecule has 25 heavy (non-hydrogen) atoms. The zero-order valence-corrected chi connectivity index (χ0v) is 20.5. The average molecular weight is 461 g/mol. The van der Waals surface area contributed by atoms with Gasteiger partial charge in [-0.05, 0) is 0 Å². The first-order valence-corrected chi connectivity index (χ1v) is 12.2. The Balaban J connectivity index is 0.00000288. The normalized spacial score (nSPS) is 16.3. The van der Waals surface area contributed by atoms with Crippen LogP contribution in [0.1, 0.15) is 91.9 Å². The molecule has 0 saturated carbocycles. The van der Waals surface area contributed by atoms with Crippen molar-refractivity contribution >= 4 is 0 Å². The fourth-order valence-electron chi connectivity index (χ4n) is 3.63. The van der Waals surface area contributed by atoms with Crippen molar-refractivity contribution in [1.29, 1.82) is 0 Å². The van der Waals surface area contributed by atoms with E-state index in [1.807, 2.05) is 6.56 Å². The topological polar surface area (TPSA) is 0 Å². The molecule has 0 spiro atoms. The summed E-state index contributed by atoms with van der Waals surface area (Å²) in [5.74, 6) is 0. The van der Waals surface area contributed by atoms with Crippen LogP contribution in [-0.4, -0.2) is 0 Å². The largest absolute Gasteiger partial charge is 1.00 e. The van der Waals surface area contributed by atoms with E-state index in [2.05, 4.69) is 39.8 Å². The van der Waals surface area contributed by atoms with Crippen molar-refractivity contribution in [3.63, 3.8) is 0 Å². The van der Waals surface area contributed by atoms with Gasteiger partial charge in [0.2, 0.25) is 0 Å². The molecule has 0 saturated heterocycles. The van der Waals surface area contributed by atoms with E-state index in [0.29, 0.717) is 0 Å². The first-order chi connectivity index (χ1) is 11.2. The quantitative estimate of drug-likeness (QED) is 0.433. The van der Waals surface area contributed by atoms with E-state index in [1.165, 1.54) is 64.2 Å². The van der Waals surface area contributed by atoms with Gasteiger partial charge in [-0.2, -0.15) is 0 Å². The zero-order chi connectivity index (χ0) is 16.7. The zero-order valence-electron chi connectivity index (χ0n) is 16.5. The molecule has 0 aromatic rings. The van der Waals surface area contributed by atoms with E-state index in [1.54, 1.807) is 22.3 Å². The third-order valence-corrected chi connectivity index (χ3v) is 9.71. The second kappa shape index (κ2) is 13.6. The third kappa shape index (κ3) is 7.52. The molecule has 0 nitrogen and oxygen atoms in total.